The molecule has 0 spiro atoms. The summed E-state index contributed by atoms with van der Waals surface area (Å²) in [6, 6.07) is 2.80. The Bertz CT molecular complexity index is 627. The highest BCUT2D eigenvalue weighted by Crippen LogP contribution is 2.24. The van der Waals surface area contributed by atoms with Gasteiger partial charge in [-0.25, -0.2) is 9.37 Å². The maximum Gasteiger partial charge on any atom is 0.216 e. The standard InChI is InChI=1S/C12H12Cl2FN3O/c1-7(19)16-2-3-18-11-4-8(14)9(15)5-10(11)17-12(18)6-13/h4-5H,2-3,6H2,1H3,(H,16,19). The molecular weight excluding hydrogens is 292 g/mol. The van der Waals surface area contributed by atoms with Crippen LogP contribution in [0.15, 0.2) is 12.1 Å². The fourth-order valence-corrected chi connectivity index (χ4v) is 2.23. The molecule has 0 radical (unpaired) electrons. The zero-order chi connectivity index (χ0) is 14.0. The molecule has 0 saturated carbocycles. The third kappa shape index (κ3) is 2.98. The van der Waals surface area contributed by atoms with Gasteiger partial charge in [-0.1, -0.05) is 11.6 Å². The van der Waals surface area contributed by atoms with Gasteiger partial charge in [-0.05, 0) is 6.07 Å². The Hall–Kier alpha value is -1.33. The molecule has 4 nitrogen and oxygen atoms in total. The minimum Gasteiger partial charge on any atom is -0.355 e. The molecule has 0 atom stereocenters. The molecule has 7 heteroatoms. The molecule has 0 saturated heterocycles. The van der Waals surface area contributed by atoms with Crippen LogP contribution in [0.4, 0.5) is 4.39 Å². The summed E-state index contributed by atoms with van der Waals surface area (Å²) in [4.78, 5) is 15.1. The average Bonchev–Trinajstić information content (AvgIpc) is 2.67. The van der Waals surface area contributed by atoms with Crippen LogP contribution in [0.25, 0.3) is 11.0 Å². The molecule has 1 heterocycles. The van der Waals surface area contributed by atoms with E-state index in [1.54, 1.807) is 0 Å². The lowest BCUT2D eigenvalue weighted by Crippen LogP contribution is -2.24. The fourth-order valence-electron chi connectivity index (χ4n) is 1.87. The predicted octanol–water partition coefficient (Wildman–Crippen LogP) is 2.70. The van der Waals surface area contributed by atoms with Crippen LogP contribution in [0, 0.1) is 5.82 Å². The first-order valence-corrected chi connectivity index (χ1v) is 6.58. The van der Waals surface area contributed by atoms with E-state index in [0.29, 0.717) is 29.9 Å². The van der Waals surface area contributed by atoms with Crippen molar-refractivity contribution in [1.82, 2.24) is 14.9 Å². The zero-order valence-electron chi connectivity index (χ0n) is 10.2. The quantitative estimate of drug-likeness (QED) is 0.883. The Labute approximate surface area is 119 Å². The Balaban J connectivity index is 2.39. The van der Waals surface area contributed by atoms with Gasteiger partial charge in [-0.2, -0.15) is 0 Å². The molecule has 102 valence electrons. The van der Waals surface area contributed by atoms with Crippen molar-refractivity contribution < 1.29 is 9.18 Å². The van der Waals surface area contributed by atoms with Crippen LogP contribution in [0.2, 0.25) is 5.02 Å². The van der Waals surface area contributed by atoms with E-state index in [2.05, 4.69) is 10.3 Å². The molecule has 0 aliphatic heterocycles. The number of hydrogen-bond donors (Lipinski definition) is 1. The van der Waals surface area contributed by atoms with Crippen LogP contribution in [0.1, 0.15) is 12.7 Å². The molecule has 1 aromatic carbocycles. The Morgan fingerprint density at radius 1 is 1.53 bits per heavy atom. The van der Waals surface area contributed by atoms with Crippen molar-refractivity contribution >= 4 is 40.1 Å². The van der Waals surface area contributed by atoms with Gasteiger partial charge in [0.15, 0.2) is 0 Å². The third-order valence-corrected chi connectivity index (χ3v) is 3.23. The molecule has 2 rings (SSSR count). The minimum absolute atomic E-state index is 0.0364. The number of carbonyl (C=O) groups excluding carboxylic acids is 1. The number of carbonyl (C=O) groups is 1. The van der Waals surface area contributed by atoms with Crippen molar-refractivity contribution in [2.75, 3.05) is 6.54 Å². The summed E-state index contributed by atoms with van der Waals surface area (Å²) in [7, 11) is 0. The highest BCUT2D eigenvalue weighted by Gasteiger charge is 2.12. The van der Waals surface area contributed by atoms with Crippen molar-refractivity contribution in [3.05, 3.63) is 28.8 Å². The number of benzene rings is 1. The van der Waals surface area contributed by atoms with Crippen molar-refractivity contribution in [3.63, 3.8) is 0 Å². The maximum absolute atomic E-state index is 13.4. The Morgan fingerprint density at radius 3 is 2.89 bits per heavy atom. The minimum atomic E-state index is -0.512. The normalized spacial score (nSPS) is 10.9. The van der Waals surface area contributed by atoms with Crippen LogP contribution >= 0.6 is 23.2 Å². The second kappa shape index (κ2) is 5.75. The van der Waals surface area contributed by atoms with Crippen molar-refractivity contribution in [2.45, 2.75) is 19.3 Å². The van der Waals surface area contributed by atoms with Crippen molar-refractivity contribution in [1.29, 1.82) is 0 Å². The number of rotatable bonds is 4. The molecule has 0 bridgehead atoms. The van der Waals surface area contributed by atoms with Crippen LogP contribution in [-0.2, 0) is 17.2 Å². The molecule has 0 aliphatic rings. The fraction of sp³-hybridized carbons (Fsp3) is 0.333. The summed E-state index contributed by atoms with van der Waals surface area (Å²) in [6.45, 7) is 2.39. The van der Waals surface area contributed by atoms with Crippen molar-refractivity contribution in [3.8, 4) is 0 Å². The molecule has 0 fully saturated rings. The van der Waals surface area contributed by atoms with E-state index < -0.39 is 5.82 Å². The van der Waals surface area contributed by atoms with E-state index in [1.807, 2.05) is 4.57 Å². The summed E-state index contributed by atoms with van der Waals surface area (Å²) < 4.78 is 15.2. The van der Waals surface area contributed by atoms with Gasteiger partial charge in [0, 0.05) is 26.1 Å². The zero-order valence-corrected chi connectivity index (χ0v) is 11.7. The topological polar surface area (TPSA) is 46.9 Å². The molecule has 19 heavy (non-hydrogen) atoms. The number of amides is 1. The Kier molecular flexibility index (Phi) is 4.27. The summed E-state index contributed by atoms with van der Waals surface area (Å²) in [5.41, 5.74) is 1.20. The number of nitrogens with one attached hydrogen (secondary N) is 1. The number of nitrogens with zero attached hydrogens (tertiary/aromatic N) is 2. The Morgan fingerprint density at radius 2 is 2.26 bits per heavy atom. The number of aromatic nitrogens is 2. The van der Waals surface area contributed by atoms with E-state index in [4.69, 9.17) is 23.2 Å². The van der Waals surface area contributed by atoms with Gasteiger partial charge in [0.05, 0.1) is 21.9 Å². The van der Waals surface area contributed by atoms with Crippen LogP contribution in [0.3, 0.4) is 0 Å². The summed E-state index contributed by atoms with van der Waals surface area (Å²) >= 11 is 11.6. The summed E-state index contributed by atoms with van der Waals surface area (Å²) in [5, 5.41) is 2.72. The lowest BCUT2D eigenvalue weighted by Gasteiger charge is -2.08. The summed E-state index contributed by atoms with van der Waals surface area (Å²) in [5.74, 6) is 0.194. The van der Waals surface area contributed by atoms with E-state index in [9.17, 15) is 9.18 Å². The molecule has 2 aromatic rings. The molecule has 0 unspecified atom stereocenters. The molecule has 1 amide bonds. The largest absolute Gasteiger partial charge is 0.355 e. The van der Waals surface area contributed by atoms with Gasteiger partial charge in [0.2, 0.25) is 5.91 Å². The molecular formula is C12H12Cl2FN3O. The predicted molar refractivity (Wildman–Crippen MR) is 72.9 cm³/mol. The number of hydrogen-bond acceptors (Lipinski definition) is 2. The smallest absolute Gasteiger partial charge is 0.216 e. The third-order valence-electron chi connectivity index (χ3n) is 2.70. The second-order valence-electron chi connectivity index (χ2n) is 4.05. The highest BCUT2D eigenvalue weighted by atomic mass is 35.5. The number of fused-ring (bicyclic) bond motifs is 1. The van der Waals surface area contributed by atoms with E-state index in [-0.39, 0.29) is 16.8 Å². The summed E-state index contributed by atoms with van der Waals surface area (Å²) in [6.07, 6.45) is 0. The average molecular weight is 304 g/mol. The molecule has 1 aromatic heterocycles. The van der Waals surface area contributed by atoms with Gasteiger partial charge in [0.1, 0.15) is 11.6 Å². The van der Waals surface area contributed by atoms with Gasteiger partial charge < -0.3 is 9.88 Å². The molecule has 0 aliphatic carbocycles. The van der Waals surface area contributed by atoms with Gasteiger partial charge in [-0.15, -0.1) is 11.6 Å². The first-order valence-electron chi connectivity index (χ1n) is 5.67. The monoisotopic (exact) mass is 303 g/mol. The first-order chi connectivity index (χ1) is 9.02. The maximum atomic E-state index is 13.4. The first kappa shape index (κ1) is 14.1. The van der Waals surface area contributed by atoms with Gasteiger partial charge in [-0.3, -0.25) is 4.79 Å². The SMILES string of the molecule is CC(=O)NCCn1c(CCl)nc2cc(F)c(Cl)cc21. The second-order valence-corrected chi connectivity index (χ2v) is 4.73. The van der Waals surface area contributed by atoms with Gasteiger partial charge in [0.25, 0.3) is 0 Å². The van der Waals surface area contributed by atoms with E-state index >= 15 is 0 Å². The number of imidazole rings is 1. The van der Waals surface area contributed by atoms with E-state index in [0.717, 1.165) is 0 Å². The van der Waals surface area contributed by atoms with Crippen LogP contribution < -0.4 is 5.32 Å². The number of alkyl halides is 1. The van der Waals surface area contributed by atoms with Crippen LogP contribution in [-0.4, -0.2) is 22.0 Å². The van der Waals surface area contributed by atoms with Gasteiger partial charge >= 0.3 is 0 Å². The van der Waals surface area contributed by atoms with Crippen LogP contribution in [0.5, 0.6) is 0 Å². The molecule has 1 N–H and O–H groups in total. The highest BCUT2D eigenvalue weighted by molar-refractivity contribution is 6.31. The number of halogens is 3. The van der Waals surface area contributed by atoms with E-state index in [1.165, 1.54) is 19.1 Å². The lowest BCUT2D eigenvalue weighted by atomic mass is 10.3. The van der Waals surface area contributed by atoms with Crippen molar-refractivity contribution in [2.24, 2.45) is 0 Å². The lowest BCUT2D eigenvalue weighted by molar-refractivity contribution is -0.118.